The van der Waals surface area contributed by atoms with Gasteiger partial charge in [-0.05, 0) is 25.2 Å². The average molecular weight is 296 g/mol. The fourth-order valence-corrected chi connectivity index (χ4v) is 3.37. The molecule has 1 saturated carbocycles. The van der Waals surface area contributed by atoms with Gasteiger partial charge in [0.25, 0.3) is 0 Å². The van der Waals surface area contributed by atoms with Crippen LogP contribution in [0.5, 0.6) is 0 Å². The molecule has 0 aromatic carbocycles. The van der Waals surface area contributed by atoms with Crippen LogP contribution in [0.25, 0.3) is 0 Å². The summed E-state index contributed by atoms with van der Waals surface area (Å²) in [4.78, 5) is 36.6. The van der Waals surface area contributed by atoms with Crippen LogP contribution in [0, 0.1) is 11.8 Å². The van der Waals surface area contributed by atoms with Gasteiger partial charge in [-0.3, -0.25) is 9.59 Å². The van der Waals surface area contributed by atoms with Crippen molar-refractivity contribution in [2.75, 3.05) is 13.1 Å². The molecule has 0 aromatic heterocycles. The smallest absolute Gasteiger partial charge is 0.326 e. The highest BCUT2D eigenvalue weighted by atomic mass is 16.4. The number of rotatable bonds is 5. The van der Waals surface area contributed by atoms with Crippen molar-refractivity contribution in [3.8, 4) is 0 Å². The zero-order chi connectivity index (χ0) is 15.4. The molecule has 1 aliphatic carbocycles. The van der Waals surface area contributed by atoms with Crippen molar-refractivity contribution >= 4 is 17.8 Å². The fraction of sp³-hybridized carbons (Fsp3) is 0.800. The number of aliphatic carboxylic acids is 1. The average Bonchev–Trinajstić information content (AvgIpc) is 3.07. The van der Waals surface area contributed by atoms with Crippen molar-refractivity contribution < 1.29 is 19.5 Å². The summed E-state index contributed by atoms with van der Waals surface area (Å²) in [6, 6.07) is -0.719. The Morgan fingerprint density at radius 3 is 2.48 bits per heavy atom. The maximum Gasteiger partial charge on any atom is 0.326 e. The molecule has 2 N–H and O–H groups in total. The largest absolute Gasteiger partial charge is 0.480 e. The van der Waals surface area contributed by atoms with Crippen molar-refractivity contribution in [1.29, 1.82) is 0 Å². The van der Waals surface area contributed by atoms with E-state index in [0.29, 0.717) is 13.1 Å². The molecule has 0 spiro atoms. The Morgan fingerprint density at radius 1 is 1.19 bits per heavy atom. The third kappa shape index (κ3) is 3.74. The summed E-state index contributed by atoms with van der Waals surface area (Å²) in [5.41, 5.74) is 0. The molecule has 1 heterocycles. The summed E-state index contributed by atoms with van der Waals surface area (Å²) in [5, 5.41) is 12.0. The molecule has 0 aromatic rings. The number of hydrogen-bond donors (Lipinski definition) is 2. The van der Waals surface area contributed by atoms with Gasteiger partial charge in [-0.15, -0.1) is 0 Å². The van der Waals surface area contributed by atoms with E-state index in [-0.39, 0.29) is 30.1 Å². The van der Waals surface area contributed by atoms with Crippen LogP contribution >= 0.6 is 0 Å². The Bertz CT molecular complexity index is 418. The van der Waals surface area contributed by atoms with Crippen LogP contribution in [0.2, 0.25) is 0 Å². The number of nitrogens with one attached hydrogen (secondary N) is 1. The van der Waals surface area contributed by atoms with Crippen LogP contribution < -0.4 is 5.32 Å². The molecule has 2 fully saturated rings. The molecule has 2 atom stereocenters. The van der Waals surface area contributed by atoms with Gasteiger partial charge in [-0.1, -0.05) is 19.8 Å². The number of carbonyl (C=O) groups excluding carboxylic acids is 2. The molecule has 2 aliphatic rings. The summed E-state index contributed by atoms with van der Waals surface area (Å²) in [7, 11) is 0. The Hall–Kier alpha value is -1.59. The molecule has 2 rings (SSSR count). The van der Waals surface area contributed by atoms with E-state index in [1.807, 2.05) is 6.92 Å². The standard InChI is InChI=1S/C15H24N2O4/c1-10-7-9-17(13(10)15(20)21)12(18)6-8-16-14(19)11-4-2-3-5-11/h10-11,13H,2-9H2,1H3,(H,16,19)(H,20,21). The highest BCUT2D eigenvalue weighted by molar-refractivity contribution is 5.85. The minimum absolute atomic E-state index is 0.0143. The van der Waals surface area contributed by atoms with Crippen molar-refractivity contribution in [2.24, 2.45) is 11.8 Å². The molecule has 0 bridgehead atoms. The number of nitrogens with zero attached hydrogens (tertiary/aromatic N) is 1. The van der Waals surface area contributed by atoms with Crippen molar-refractivity contribution in [2.45, 2.75) is 51.5 Å². The minimum Gasteiger partial charge on any atom is -0.480 e. The van der Waals surface area contributed by atoms with Gasteiger partial charge in [-0.25, -0.2) is 4.79 Å². The molecule has 2 unspecified atom stereocenters. The van der Waals surface area contributed by atoms with E-state index in [1.54, 1.807) is 0 Å². The summed E-state index contributed by atoms with van der Waals surface area (Å²) in [5.74, 6) is -1.01. The van der Waals surface area contributed by atoms with E-state index in [0.717, 1.165) is 32.1 Å². The molecule has 21 heavy (non-hydrogen) atoms. The van der Waals surface area contributed by atoms with E-state index in [1.165, 1.54) is 4.90 Å². The number of hydrogen-bond acceptors (Lipinski definition) is 3. The Labute approximate surface area is 124 Å². The van der Waals surface area contributed by atoms with Crippen LogP contribution in [-0.4, -0.2) is 46.9 Å². The lowest BCUT2D eigenvalue weighted by Gasteiger charge is -2.23. The zero-order valence-corrected chi connectivity index (χ0v) is 12.5. The van der Waals surface area contributed by atoms with Gasteiger partial charge >= 0.3 is 5.97 Å². The van der Waals surface area contributed by atoms with E-state index >= 15 is 0 Å². The van der Waals surface area contributed by atoms with E-state index in [9.17, 15) is 19.5 Å². The van der Waals surface area contributed by atoms with Crippen LogP contribution in [0.4, 0.5) is 0 Å². The van der Waals surface area contributed by atoms with Crippen molar-refractivity contribution in [1.82, 2.24) is 10.2 Å². The third-order valence-corrected chi connectivity index (χ3v) is 4.64. The summed E-state index contributed by atoms with van der Waals surface area (Å²) in [6.45, 7) is 2.65. The maximum absolute atomic E-state index is 12.1. The summed E-state index contributed by atoms with van der Waals surface area (Å²) in [6.07, 6.45) is 4.97. The maximum atomic E-state index is 12.1. The topological polar surface area (TPSA) is 86.7 Å². The minimum atomic E-state index is -0.941. The number of likely N-dealkylation sites (tertiary alicyclic amines) is 1. The second kappa shape index (κ2) is 6.91. The lowest BCUT2D eigenvalue weighted by Crippen LogP contribution is -2.44. The molecule has 1 aliphatic heterocycles. The van der Waals surface area contributed by atoms with Crippen LogP contribution in [0.15, 0.2) is 0 Å². The van der Waals surface area contributed by atoms with Crippen LogP contribution in [0.3, 0.4) is 0 Å². The van der Waals surface area contributed by atoms with Gasteiger partial charge < -0.3 is 15.3 Å². The lowest BCUT2D eigenvalue weighted by atomic mass is 10.0. The monoisotopic (exact) mass is 296 g/mol. The Balaban J connectivity index is 1.76. The highest BCUT2D eigenvalue weighted by Crippen LogP contribution is 2.25. The number of carbonyl (C=O) groups is 3. The molecular weight excluding hydrogens is 272 g/mol. The first-order chi connectivity index (χ1) is 10.0. The molecule has 6 nitrogen and oxygen atoms in total. The normalized spacial score (nSPS) is 26.0. The summed E-state index contributed by atoms with van der Waals surface area (Å²) < 4.78 is 0. The molecule has 2 amide bonds. The first-order valence-corrected chi connectivity index (χ1v) is 7.80. The van der Waals surface area contributed by atoms with Gasteiger partial charge in [0.05, 0.1) is 0 Å². The van der Waals surface area contributed by atoms with Crippen LogP contribution in [0.1, 0.15) is 45.4 Å². The molecule has 0 radical (unpaired) electrons. The molecule has 1 saturated heterocycles. The van der Waals surface area contributed by atoms with E-state index < -0.39 is 12.0 Å². The number of carboxylic acid groups (broad SMARTS) is 1. The molecule has 118 valence electrons. The van der Waals surface area contributed by atoms with E-state index in [4.69, 9.17) is 0 Å². The predicted octanol–water partition coefficient (Wildman–Crippen LogP) is 1.00. The lowest BCUT2D eigenvalue weighted by molar-refractivity contribution is -0.149. The Kier molecular flexibility index (Phi) is 5.20. The number of amides is 2. The molecular formula is C15H24N2O4. The quantitative estimate of drug-likeness (QED) is 0.792. The highest BCUT2D eigenvalue weighted by Gasteiger charge is 2.39. The summed E-state index contributed by atoms with van der Waals surface area (Å²) >= 11 is 0. The molecule has 6 heteroatoms. The van der Waals surface area contributed by atoms with Crippen molar-refractivity contribution in [3.05, 3.63) is 0 Å². The predicted molar refractivity (Wildman–Crippen MR) is 76.5 cm³/mol. The van der Waals surface area contributed by atoms with Gasteiger partial charge in [0.15, 0.2) is 0 Å². The van der Waals surface area contributed by atoms with Gasteiger partial charge in [0, 0.05) is 25.4 Å². The van der Waals surface area contributed by atoms with Crippen LogP contribution in [-0.2, 0) is 14.4 Å². The van der Waals surface area contributed by atoms with E-state index in [2.05, 4.69) is 5.32 Å². The SMILES string of the molecule is CC1CCN(C(=O)CCNC(=O)C2CCCC2)C1C(=O)O. The van der Waals surface area contributed by atoms with Gasteiger partial charge in [0.2, 0.25) is 11.8 Å². The third-order valence-electron chi connectivity index (χ3n) is 4.64. The first-order valence-electron chi connectivity index (χ1n) is 7.80. The van der Waals surface area contributed by atoms with Crippen molar-refractivity contribution in [3.63, 3.8) is 0 Å². The second-order valence-corrected chi connectivity index (χ2v) is 6.16. The Morgan fingerprint density at radius 2 is 1.86 bits per heavy atom. The zero-order valence-electron chi connectivity index (χ0n) is 12.5. The van der Waals surface area contributed by atoms with Gasteiger partial charge in [-0.2, -0.15) is 0 Å². The van der Waals surface area contributed by atoms with Gasteiger partial charge in [0.1, 0.15) is 6.04 Å². The second-order valence-electron chi connectivity index (χ2n) is 6.16. The fourth-order valence-electron chi connectivity index (χ4n) is 3.37. The first kappa shape index (κ1) is 15.8. The number of carboxylic acids is 1.